The molecular weight excluding hydrogens is 536 g/mol. The van der Waals surface area contributed by atoms with E-state index in [9.17, 15) is 54.3 Å². The fraction of sp³-hybridized carbons (Fsp3) is 0.733. The third kappa shape index (κ3) is 4.94. The summed E-state index contributed by atoms with van der Waals surface area (Å²) < 4.78 is 0. The van der Waals surface area contributed by atoms with Gasteiger partial charge in [0, 0.05) is 5.92 Å². The van der Waals surface area contributed by atoms with E-state index < -0.39 is 76.5 Å². The lowest BCUT2D eigenvalue weighted by atomic mass is 9.42. The van der Waals surface area contributed by atoms with Crippen LogP contribution in [0.3, 0.4) is 0 Å². The van der Waals surface area contributed by atoms with E-state index in [0.29, 0.717) is 51.1 Å². The lowest BCUT2D eigenvalue weighted by molar-refractivity contribution is -0.177. The zero-order chi connectivity index (χ0) is 30.4. The normalized spacial score (nSPS) is 39.1. The van der Waals surface area contributed by atoms with Gasteiger partial charge in [-0.2, -0.15) is 0 Å². The number of carboxylic acid groups (broad SMARTS) is 3. The minimum atomic E-state index is -2.08. The van der Waals surface area contributed by atoms with Gasteiger partial charge in [-0.05, 0) is 91.3 Å². The highest BCUT2D eigenvalue weighted by molar-refractivity contribution is 5.88. The van der Waals surface area contributed by atoms with Gasteiger partial charge in [0.1, 0.15) is 36.6 Å². The Morgan fingerprint density at radius 2 is 1.51 bits per heavy atom. The van der Waals surface area contributed by atoms with Crippen molar-refractivity contribution in [2.24, 2.45) is 70.0 Å². The summed E-state index contributed by atoms with van der Waals surface area (Å²) in [6.45, 7) is 3.95. The lowest BCUT2D eigenvalue weighted by Gasteiger charge is -2.62. The van der Waals surface area contributed by atoms with Crippen LogP contribution < -0.4 is 0 Å². The number of aldehydes is 3. The predicted octanol–water partition coefficient (Wildman–Crippen LogP) is 2.03. The Hall–Kier alpha value is -2.92. The average molecular weight is 577 g/mol. The van der Waals surface area contributed by atoms with Crippen LogP contribution >= 0.6 is 0 Å². The predicted molar refractivity (Wildman–Crippen MR) is 141 cm³/mol. The molecule has 4 aliphatic rings. The van der Waals surface area contributed by atoms with Gasteiger partial charge >= 0.3 is 17.9 Å². The summed E-state index contributed by atoms with van der Waals surface area (Å²) >= 11 is 0. The molecule has 0 saturated heterocycles. The molecule has 11 nitrogen and oxygen atoms in total. The maximum absolute atomic E-state index is 12.4. The first-order chi connectivity index (χ1) is 19.3. The first-order valence-corrected chi connectivity index (χ1v) is 14.4. The number of carbonyl (C=O) groups excluding carboxylic acids is 3. The van der Waals surface area contributed by atoms with E-state index in [2.05, 4.69) is 0 Å². The van der Waals surface area contributed by atoms with Crippen LogP contribution in [0.2, 0.25) is 0 Å². The van der Waals surface area contributed by atoms with Gasteiger partial charge in [-0.15, -0.1) is 0 Å². The van der Waals surface area contributed by atoms with Gasteiger partial charge in [0.2, 0.25) is 0 Å². The average Bonchev–Trinajstić information content (AvgIpc) is 3.23. The van der Waals surface area contributed by atoms with E-state index in [0.717, 1.165) is 5.57 Å². The molecule has 4 rings (SSSR count). The van der Waals surface area contributed by atoms with E-state index in [1.165, 1.54) is 0 Å². The van der Waals surface area contributed by atoms with Crippen LogP contribution in [0.1, 0.15) is 58.8 Å². The number of aliphatic hydroxyl groups excluding tert-OH is 1. The molecule has 0 radical (unpaired) electrons. The zero-order valence-electron chi connectivity index (χ0n) is 23.3. The number of aliphatic hydroxyl groups is 2. The lowest BCUT2D eigenvalue weighted by Crippen LogP contribution is -2.58. The largest absolute Gasteiger partial charge is 0.481 e. The van der Waals surface area contributed by atoms with Gasteiger partial charge < -0.3 is 39.9 Å². The molecular formula is C30H40O11. The SMILES string of the molecule is C[C@]12CC(C(C=O)C(=O)O)[C@H]3[C@@H](CCC4=CC(C(C=O)C(=O)O)CC[C@@]43C)[C@@H]1CC[C@@H]2C(C(O)O)C(C=O)C(=O)O. The first-order valence-electron chi connectivity index (χ1n) is 14.4. The Labute approximate surface area is 238 Å². The first kappa shape index (κ1) is 31.0. The second-order valence-electron chi connectivity index (χ2n) is 13.2. The molecule has 0 amide bonds. The second kappa shape index (κ2) is 11.4. The number of aliphatic carboxylic acids is 3. The molecule has 11 heteroatoms. The molecule has 6 unspecified atom stereocenters. The molecule has 4 aliphatic carbocycles. The third-order valence-electron chi connectivity index (χ3n) is 11.7. The van der Waals surface area contributed by atoms with Crippen LogP contribution in [0.4, 0.5) is 0 Å². The fourth-order valence-electron chi connectivity index (χ4n) is 9.97. The van der Waals surface area contributed by atoms with E-state index in [4.69, 9.17) is 0 Å². The number of hydrogen-bond donors (Lipinski definition) is 5. The van der Waals surface area contributed by atoms with Crippen molar-refractivity contribution < 1.29 is 54.3 Å². The number of fused-ring (bicyclic) bond motifs is 5. The Morgan fingerprint density at radius 3 is 2.02 bits per heavy atom. The van der Waals surface area contributed by atoms with Crippen molar-refractivity contribution in [2.75, 3.05) is 0 Å². The minimum absolute atomic E-state index is 0.0324. The summed E-state index contributed by atoms with van der Waals surface area (Å²) in [6.07, 6.45) is 4.41. The second-order valence-corrected chi connectivity index (χ2v) is 13.2. The maximum Gasteiger partial charge on any atom is 0.314 e. The van der Waals surface area contributed by atoms with Crippen LogP contribution in [0, 0.1) is 70.0 Å². The molecule has 0 aromatic heterocycles. The van der Waals surface area contributed by atoms with Crippen LogP contribution in [0.25, 0.3) is 0 Å². The number of hydrogen-bond acceptors (Lipinski definition) is 8. The Kier molecular flexibility index (Phi) is 8.62. The van der Waals surface area contributed by atoms with Crippen molar-refractivity contribution >= 4 is 36.8 Å². The molecule has 0 heterocycles. The summed E-state index contributed by atoms with van der Waals surface area (Å²) in [5, 5.41) is 50.0. The number of carbonyl (C=O) groups is 6. The van der Waals surface area contributed by atoms with Crippen molar-refractivity contribution in [3.8, 4) is 0 Å². The van der Waals surface area contributed by atoms with Gasteiger partial charge in [0.05, 0.1) is 0 Å². The monoisotopic (exact) mass is 576 g/mol. The molecule has 3 saturated carbocycles. The summed E-state index contributed by atoms with van der Waals surface area (Å²) in [5.41, 5.74) is -0.306. The van der Waals surface area contributed by atoms with Gasteiger partial charge in [0.15, 0.2) is 6.29 Å². The molecule has 0 aliphatic heterocycles. The Bertz CT molecular complexity index is 1130. The van der Waals surface area contributed by atoms with Crippen molar-refractivity contribution in [3.05, 3.63) is 11.6 Å². The summed E-state index contributed by atoms with van der Waals surface area (Å²) in [7, 11) is 0. The van der Waals surface area contributed by atoms with E-state index >= 15 is 0 Å². The Balaban J connectivity index is 1.80. The van der Waals surface area contributed by atoms with Crippen molar-refractivity contribution in [1.29, 1.82) is 0 Å². The molecule has 5 N–H and O–H groups in total. The highest BCUT2D eigenvalue weighted by Gasteiger charge is 2.65. The van der Waals surface area contributed by atoms with E-state index in [-0.39, 0.29) is 30.5 Å². The summed E-state index contributed by atoms with van der Waals surface area (Å²) in [4.78, 5) is 71.7. The topological polar surface area (TPSA) is 204 Å². The van der Waals surface area contributed by atoms with Crippen molar-refractivity contribution in [2.45, 2.75) is 65.1 Å². The molecule has 0 aromatic rings. The highest BCUT2D eigenvalue weighted by atomic mass is 16.5. The molecule has 226 valence electrons. The van der Waals surface area contributed by atoms with E-state index in [1.54, 1.807) is 0 Å². The molecule has 0 aromatic carbocycles. The summed E-state index contributed by atoms with van der Waals surface area (Å²) in [6, 6.07) is 0. The standard InChI is InChI=1S/C30H40O11/c1-29-8-7-14(18(11-31)25(34)35)9-15(29)3-4-16-21-5-6-22(23(28(40)41)20(13-33)27(38)39)30(21,2)10-17(24(16)29)19(12-32)26(36)37/h9,11-14,16-24,28,40-41H,3-8,10H2,1-2H3,(H,34,35)(H,36,37)(H,38,39)/t14?,16-,17?,18?,19?,20?,21-,22+,23?,24+,29-,30-/m0/s1. The molecule has 12 atom stereocenters. The van der Waals surface area contributed by atoms with E-state index in [1.807, 2.05) is 19.9 Å². The zero-order valence-corrected chi connectivity index (χ0v) is 23.3. The molecule has 41 heavy (non-hydrogen) atoms. The molecule has 0 bridgehead atoms. The van der Waals surface area contributed by atoms with Gasteiger partial charge in [-0.1, -0.05) is 25.5 Å². The van der Waals surface area contributed by atoms with Crippen molar-refractivity contribution in [1.82, 2.24) is 0 Å². The smallest absolute Gasteiger partial charge is 0.314 e. The third-order valence-corrected chi connectivity index (χ3v) is 11.7. The van der Waals surface area contributed by atoms with Gasteiger partial charge in [0.25, 0.3) is 0 Å². The number of carboxylic acids is 3. The van der Waals surface area contributed by atoms with Crippen LogP contribution in [-0.2, 0) is 28.8 Å². The van der Waals surface area contributed by atoms with Crippen LogP contribution in [0.15, 0.2) is 11.6 Å². The maximum atomic E-state index is 12.4. The quantitative estimate of drug-likeness (QED) is 0.104. The van der Waals surface area contributed by atoms with Crippen LogP contribution in [0.5, 0.6) is 0 Å². The minimum Gasteiger partial charge on any atom is -0.481 e. The summed E-state index contributed by atoms with van der Waals surface area (Å²) in [5.74, 6) is -11.4. The number of allylic oxidation sites excluding steroid dienone is 2. The molecule has 0 spiro atoms. The fourth-order valence-corrected chi connectivity index (χ4v) is 9.97. The highest BCUT2D eigenvalue weighted by Crippen LogP contribution is 2.70. The number of rotatable bonds is 11. The van der Waals surface area contributed by atoms with Gasteiger partial charge in [-0.25, -0.2) is 0 Å². The van der Waals surface area contributed by atoms with Gasteiger partial charge in [-0.3, -0.25) is 14.4 Å². The molecule has 3 fully saturated rings. The van der Waals surface area contributed by atoms with Crippen molar-refractivity contribution in [3.63, 3.8) is 0 Å². The Morgan fingerprint density at radius 1 is 0.878 bits per heavy atom. The van der Waals surface area contributed by atoms with Crippen LogP contribution in [-0.4, -0.2) is 68.6 Å².